The van der Waals surface area contributed by atoms with Crippen LogP contribution in [0.5, 0.6) is 0 Å². The van der Waals surface area contributed by atoms with Gasteiger partial charge in [-0.15, -0.1) is 0 Å². The molecule has 1 saturated carbocycles. The largest absolute Gasteiger partial charge is 0.317 e. The lowest BCUT2D eigenvalue weighted by Crippen LogP contribution is -2.16. The lowest BCUT2D eigenvalue weighted by Gasteiger charge is -2.08. The number of rotatable bonds is 8. The maximum atomic E-state index is 3.45. The molecule has 14 heavy (non-hydrogen) atoms. The topological polar surface area (TPSA) is 12.0 Å². The molecule has 0 radical (unpaired) electrons. The Labute approximate surface area is 93.4 Å². The third kappa shape index (κ3) is 5.92. The van der Waals surface area contributed by atoms with Gasteiger partial charge in [0.1, 0.15) is 0 Å². The van der Waals surface area contributed by atoms with Gasteiger partial charge in [-0.2, -0.15) is 11.8 Å². The van der Waals surface area contributed by atoms with E-state index >= 15 is 0 Å². The Bertz CT molecular complexity index is 121. The minimum Gasteiger partial charge on any atom is -0.317 e. The molecular weight excluding hydrogens is 190 g/mol. The van der Waals surface area contributed by atoms with Crippen LogP contribution in [0.15, 0.2) is 0 Å². The zero-order valence-corrected chi connectivity index (χ0v) is 10.4. The SMILES string of the molecule is CCCNCCCSCC1CCCC1. The molecule has 1 aliphatic carbocycles. The monoisotopic (exact) mass is 215 g/mol. The van der Waals surface area contributed by atoms with Crippen LogP contribution < -0.4 is 5.32 Å². The number of hydrogen-bond donors (Lipinski definition) is 1. The Morgan fingerprint density at radius 1 is 1.21 bits per heavy atom. The average Bonchev–Trinajstić information content (AvgIpc) is 2.69. The zero-order valence-electron chi connectivity index (χ0n) is 9.56. The molecule has 0 amide bonds. The summed E-state index contributed by atoms with van der Waals surface area (Å²) in [6, 6.07) is 0. The second kappa shape index (κ2) is 8.60. The van der Waals surface area contributed by atoms with Gasteiger partial charge < -0.3 is 5.32 Å². The van der Waals surface area contributed by atoms with Crippen LogP contribution in [0.1, 0.15) is 45.4 Å². The van der Waals surface area contributed by atoms with E-state index < -0.39 is 0 Å². The third-order valence-corrected chi connectivity index (χ3v) is 4.18. The first-order valence-corrected chi connectivity index (χ1v) is 7.37. The number of nitrogens with one attached hydrogen (secondary N) is 1. The molecule has 1 rings (SSSR count). The molecular formula is C12H25NS. The van der Waals surface area contributed by atoms with E-state index in [0.29, 0.717) is 0 Å². The third-order valence-electron chi connectivity index (χ3n) is 2.90. The number of thioether (sulfide) groups is 1. The van der Waals surface area contributed by atoms with Gasteiger partial charge in [-0.05, 0) is 56.2 Å². The van der Waals surface area contributed by atoms with E-state index in [0.717, 1.165) is 5.92 Å². The van der Waals surface area contributed by atoms with Gasteiger partial charge in [0, 0.05) is 0 Å². The Balaban J connectivity index is 1.75. The second-order valence-corrected chi connectivity index (χ2v) is 5.48. The van der Waals surface area contributed by atoms with E-state index in [9.17, 15) is 0 Å². The van der Waals surface area contributed by atoms with Crippen molar-refractivity contribution in [2.75, 3.05) is 24.6 Å². The van der Waals surface area contributed by atoms with Crippen molar-refractivity contribution in [1.82, 2.24) is 5.32 Å². The molecule has 0 bridgehead atoms. The highest BCUT2D eigenvalue weighted by Crippen LogP contribution is 2.27. The summed E-state index contributed by atoms with van der Waals surface area (Å²) in [5, 5.41) is 3.45. The Morgan fingerprint density at radius 3 is 2.71 bits per heavy atom. The average molecular weight is 215 g/mol. The van der Waals surface area contributed by atoms with E-state index in [2.05, 4.69) is 24.0 Å². The highest BCUT2D eigenvalue weighted by atomic mass is 32.2. The van der Waals surface area contributed by atoms with Crippen LogP contribution in [0.25, 0.3) is 0 Å². The first-order chi connectivity index (χ1) is 6.93. The van der Waals surface area contributed by atoms with E-state index in [1.165, 1.54) is 63.1 Å². The summed E-state index contributed by atoms with van der Waals surface area (Å²) in [6.45, 7) is 4.63. The van der Waals surface area contributed by atoms with Crippen molar-refractivity contribution in [3.05, 3.63) is 0 Å². The van der Waals surface area contributed by atoms with Gasteiger partial charge in [0.2, 0.25) is 0 Å². The van der Waals surface area contributed by atoms with Crippen molar-refractivity contribution in [3.63, 3.8) is 0 Å². The summed E-state index contributed by atoms with van der Waals surface area (Å²) in [5.41, 5.74) is 0. The molecule has 1 fully saturated rings. The second-order valence-electron chi connectivity index (χ2n) is 4.33. The summed E-state index contributed by atoms with van der Waals surface area (Å²) in [5.74, 6) is 3.84. The fourth-order valence-electron chi connectivity index (χ4n) is 2.03. The van der Waals surface area contributed by atoms with Gasteiger partial charge in [0.25, 0.3) is 0 Å². The van der Waals surface area contributed by atoms with E-state index in [1.54, 1.807) is 0 Å². The summed E-state index contributed by atoms with van der Waals surface area (Å²) < 4.78 is 0. The van der Waals surface area contributed by atoms with E-state index in [1.807, 2.05) is 0 Å². The van der Waals surface area contributed by atoms with Crippen molar-refractivity contribution >= 4 is 11.8 Å². The fraction of sp³-hybridized carbons (Fsp3) is 1.00. The number of hydrogen-bond acceptors (Lipinski definition) is 2. The van der Waals surface area contributed by atoms with Crippen LogP contribution in [-0.4, -0.2) is 24.6 Å². The molecule has 1 N–H and O–H groups in total. The smallest absolute Gasteiger partial charge is 0.00391 e. The standard InChI is InChI=1S/C12H25NS/c1-2-8-13-9-5-10-14-11-12-6-3-4-7-12/h12-13H,2-11H2,1H3. The molecule has 0 spiro atoms. The Kier molecular flexibility index (Phi) is 7.61. The Morgan fingerprint density at radius 2 is 2.00 bits per heavy atom. The van der Waals surface area contributed by atoms with Gasteiger partial charge in [-0.25, -0.2) is 0 Å². The zero-order chi connectivity index (χ0) is 10.1. The minimum atomic E-state index is 1.06. The molecule has 1 aliphatic rings. The quantitative estimate of drug-likeness (QED) is 0.624. The van der Waals surface area contributed by atoms with Crippen LogP contribution in [0.4, 0.5) is 0 Å². The van der Waals surface area contributed by atoms with Crippen LogP contribution in [0, 0.1) is 5.92 Å². The van der Waals surface area contributed by atoms with Gasteiger partial charge >= 0.3 is 0 Å². The van der Waals surface area contributed by atoms with E-state index in [4.69, 9.17) is 0 Å². The van der Waals surface area contributed by atoms with Crippen LogP contribution >= 0.6 is 11.8 Å². The molecule has 2 heteroatoms. The maximum Gasteiger partial charge on any atom is -0.00391 e. The summed E-state index contributed by atoms with van der Waals surface area (Å²) >= 11 is 2.17. The maximum absolute atomic E-state index is 3.45. The lowest BCUT2D eigenvalue weighted by molar-refractivity contribution is 0.622. The predicted octanol–water partition coefficient (Wildman–Crippen LogP) is 3.30. The van der Waals surface area contributed by atoms with Crippen molar-refractivity contribution in [2.45, 2.75) is 45.4 Å². The minimum absolute atomic E-state index is 1.06. The fourth-order valence-corrected chi connectivity index (χ4v) is 3.21. The molecule has 0 aromatic rings. The first-order valence-electron chi connectivity index (χ1n) is 6.22. The van der Waals surface area contributed by atoms with Crippen molar-refractivity contribution in [1.29, 1.82) is 0 Å². The molecule has 0 heterocycles. The van der Waals surface area contributed by atoms with E-state index in [-0.39, 0.29) is 0 Å². The molecule has 0 unspecified atom stereocenters. The van der Waals surface area contributed by atoms with Crippen LogP contribution in [-0.2, 0) is 0 Å². The molecule has 0 aliphatic heterocycles. The van der Waals surface area contributed by atoms with Gasteiger partial charge in [0.05, 0.1) is 0 Å². The molecule has 84 valence electrons. The summed E-state index contributed by atoms with van der Waals surface area (Å²) in [4.78, 5) is 0. The lowest BCUT2D eigenvalue weighted by atomic mass is 10.1. The van der Waals surface area contributed by atoms with Gasteiger partial charge in [0.15, 0.2) is 0 Å². The van der Waals surface area contributed by atoms with Crippen molar-refractivity contribution in [3.8, 4) is 0 Å². The first kappa shape index (κ1) is 12.4. The van der Waals surface area contributed by atoms with Crippen LogP contribution in [0.2, 0.25) is 0 Å². The van der Waals surface area contributed by atoms with Crippen molar-refractivity contribution in [2.24, 2.45) is 5.92 Å². The summed E-state index contributed by atoms with van der Waals surface area (Å²) in [6.07, 6.45) is 8.58. The molecule has 1 nitrogen and oxygen atoms in total. The molecule has 0 aromatic carbocycles. The highest BCUT2D eigenvalue weighted by molar-refractivity contribution is 7.99. The Hall–Kier alpha value is 0.310. The molecule has 0 aromatic heterocycles. The molecule has 0 atom stereocenters. The predicted molar refractivity (Wildman–Crippen MR) is 67.1 cm³/mol. The van der Waals surface area contributed by atoms with Crippen molar-refractivity contribution < 1.29 is 0 Å². The van der Waals surface area contributed by atoms with Gasteiger partial charge in [-0.1, -0.05) is 19.8 Å². The summed E-state index contributed by atoms with van der Waals surface area (Å²) in [7, 11) is 0. The highest BCUT2D eigenvalue weighted by Gasteiger charge is 2.13. The van der Waals surface area contributed by atoms with Gasteiger partial charge in [-0.3, -0.25) is 0 Å². The molecule has 0 saturated heterocycles. The normalized spacial score (nSPS) is 17.8. The van der Waals surface area contributed by atoms with Crippen LogP contribution in [0.3, 0.4) is 0 Å².